The topological polar surface area (TPSA) is 21.6 Å². The number of nitrogens with zero attached hydrogens (tertiary/aromatic N) is 1. The van der Waals surface area contributed by atoms with E-state index in [1.807, 2.05) is 42.5 Å². The van der Waals surface area contributed by atoms with Gasteiger partial charge in [-0.3, -0.25) is 0 Å². The van der Waals surface area contributed by atoms with Gasteiger partial charge in [-0.15, -0.1) is 0 Å². The summed E-state index contributed by atoms with van der Waals surface area (Å²) in [4.78, 5) is 4.29. The Morgan fingerprint density at radius 2 is 1.73 bits per heavy atom. The van der Waals surface area contributed by atoms with Gasteiger partial charge in [0.25, 0.3) is 0 Å². The average Bonchev–Trinajstić information content (AvgIpc) is 3.10. The van der Waals surface area contributed by atoms with Crippen LogP contribution in [0.1, 0.15) is 28.3 Å². The van der Waals surface area contributed by atoms with Crippen LogP contribution >= 0.6 is 12.2 Å². The molecule has 0 radical (unpaired) electrons. The summed E-state index contributed by atoms with van der Waals surface area (Å²) in [5, 5.41) is 2.47. The van der Waals surface area contributed by atoms with Gasteiger partial charge in [0.15, 0.2) is 0 Å². The van der Waals surface area contributed by atoms with Gasteiger partial charge in [-0.05, 0) is 52.2 Å². The predicted octanol–water partition coefficient (Wildman–Crippen LogP) is 6.66. The highest BCUT2D eigenvalue weighted by molar-refractivity contribution is 7.78. The van der Waals surface area contributed by atoms with Crippen LogP contribution in [0.5, 0.6) is 0 Å². The van der Waals surface area contributed by atoms with Crippen molar-refractivity contribution in [3.63, 3.8) is 0 Å². The van der Waals surface area contributed by atoms with Crippen LogP contribution in [0, 0.1) is 0 Å². The zero-order valence-electron chi connectivity index (χ0n) is 15.9. The smallest absolute Gasteiger partial charge is 0.371 e. The van der Waals surface area contributed by atoms with Gasteiger partial charge in [-0.25, -0.2) is 4.99 Å². The number of rotatable bonds is 5. The Morgan fingerprint density at radius 3 is 2.47 bits per heavy atom. The molecule has 2 nitrogen and oxygen atoms in total. The lowest BCUT2D eigenvalue weighted by Gasteiger charge is -2.17. The molecular weight excluding hydrogens is 407 g/mol. The molecule has 1 aliphatic carbocycles. The van der Waals surface area contributed by atoms with Crippen LogP contribution in [-0.2, 0) is 23.9 Å². The van der Waals surface area contributed by atoms with Crippen LogP contribution < -0.4 is 0 Å². The maximum absolute atomic E-state index is 12.9. The number of isothiocyanates is 1. The zero-order valence-corrected chi connectivity index (χ0v) is 16.7. The maximum Gasteiger partial charge on any atom is 0.416 e. The SMILES string of the molecule is FC(F)(F)c1cccc(-c2ccc(CO[C@H]3Cc4ccccc4C3N=C=S)cc2)c1. The minimum Gasteiger partial charge on any atom is -0.371 e. The molecule has 1 aliphatic rings. The molecule has 0 heterocycles. The van der Waals surface area contributed by atoms with Gasteiger partial charge in [0, 0.05) is 6.42 Å². The van der Waals surface area contributed by atoms with Crippen molar-refractivity contribution < 1.29 is 17.9 Å². The molecule has 6 heteroatoms. The van der Waals surface area contributed by atoms with Gasteiger partial charge < -0.3 is 4.74 Å². The van der Waals surface area contributed by atoms with E-state index in [-0.39, 0.29) is 12.1 Å². The van der Waals surface area contributed by atoms with Crippen molar-refractivity contribution in [2.75, 3.05) is 0 Å². The average molecular weight is 425 g/mol. The van der Waals surface area contributed by atoms with Gasteiger partial charge in [-0.2, -0.15) is 13.2 Å². The van der Waals surface area contributed by atoms with Crippen molar-refractivity contribution in [3.8, 4) is 11.1 Å². The molecule has 0 bridgehead atoms. The molecule has 0 aliphatic heterocycles. The fourth-order valence-electron chi connectivity index (χ4n) is 3.77. The fourth-order valence-corrected chi connectivity index (χ4v) is 3.88. The molecule has 0 fully saturated rings. The number of alkyl halides is 3. The lowest BCUT2D eigenvalue weighted by Crippen LogP contribution is -2.17. The van der Waals surface area contributed by atoms with Crippen molar-refractivity contribution in [2.24, 2.45) is 4.99 Å². The molecule has 1 unspecified atom stereocenters. The van der Waals surface area contributed by atoms with Crippen molar-refractivity contribution in [1.29, 1.82) is 0 Å². The van der Waals surface area contributed by atoms with Gasteiger partial charge in [0.2, 0.25) is 0 Å². The van der Waals surface area contributed by atoms with Crippen molar-refractivity contribution in [1.82, 2.24) is 0 Å². The second-order valence-electron chi connectivity index (χ2n) is 7.19. The van der Waals surface area contributed by atoms with E-state index < -0.39 is 11.7 Å². The van der Waals surface area contributed by atoms with Gasteiger partial charge in [0.1, 0.15) is 6.04 Å². The normalized spacial score (nSPS) is 18.0. The van der Waals surface area contributed by atoms with E-state index in [0.717, 1.165) is 35.2 Å². The van der Waals surface area contributed by atoms with Crippen LogP contribution in [-0.4, -0.2) is 11.3 Å². The number of hydrogen-bond acceptors (Lipinski definition) is 3. The lowest BCUT2D eigenvalue weighted by molar-refractivity contribution is -0.137. The molecular formula is C24H18F3NOS. The molecule has 0 saturated heterocycles. The number of ether oxygens (including phenoxy) is 1. The van der Waals surface area contributed by atoms with Crippen molar-refractivity contribution >= 4 is 17.4 Å². The van der Waals surface area contributed by atoms with E-state index in [2.05, 4.69) is 16.2 Å². The van der Waals surface area contributed by atoms with E-state index in [9.17, 15) is 13.2 Å². The first-order chi connectivity index (χ1) is 14.5. The van der Waals surface area contributed by atoms with Crippen molar-refractivity contribution in [2.45, 2.75) is 31.3 Å². The van der Waals surface area contributed by atoms with Gasteiger partial charge >= 0.3 is 6.18 Å². The third-order valence-electron chi connectivity index (χ3n) is 5.28. The van der Waals surface area contributed by atoms with Crippen LogP contribution in [0.25, 0.3) is 11.1 Å². The summed E-state index contributed by atoms with van der Waals surface area (Å²) >= 11 is 4.80. The second kappa shape index (κ2) is 8.52. The highest BCUT2D eigenvalue weighted by atomic mass is 32.1. The molecule has 0 spiro atoms. The number of halogens is 3. The Bertz CT molecular complexity index is 1090. The van der Waals surface area contributed by atoms with E-state index >= 15 is 0 Å². The van der Waals surface area contributed by atoms with E-state index in [0.29, 0.717) is 12.2 Å². The quantitative estimate of drug-likeness (QED) is 0.337. The standard InChI is InChI=1S/C24H18F3NOS/c25-24(26,27)20-6-3-5-18(12-20)17-10-8-16(9-11-17)14-29-22-13-19-4-1-2-7-21(19)23(22)28-15-30/h1-12,22-23H,13-14H2/t22-,23?/m0/s1. The molecule has 0 amide bonds. The Balaban J connectivity index is 1.45. The van der Waals surface area contributed by atoms with Crippen molar-refractivity contribution in [3.05, 3.63) is 95.1 Å². The predicted molar refractivity (Wildman–Crippen MR) is 113 cm³/mol. The van der Waals surface area contributed by atoms with Gasteiger partial charge in [-0.1, -0.05) is 60.7 Å². The number of aliphatic imine (C=N–C) groups is 1. The zero-order chi connectivity index (χ0) is 21.1. The minimum absolute atomic E-state index is 0.124. The Morgan fingerprint density at radius 1 is 0.967 bits per heavy atom. The number of thiocarbonyl (C=S) groups is 1. The second-order valence-corrected chi connectivity index (χ2v) is 7.38. The molecule has 4 rings (SSSR count). The first-order valence-corrected chi connectivity index (χ1v) is 9.89. The third kappa shape index (κ3) is 4.36. The summed E-state index contributed by atoms with van der Waals surface area (Å²) in [5.41, 5.74) is 3.84. The number of fused-ring (bicyclic) bond motifs is 1. The van der Waals surface area contributed by atoms with Gasteiger partial charge in [0.05, 0.1) is 23.4 Å². The summed E-state index contributed by atoms with van der Waals surface area (Å²) in [6, 6.07) is 20.6. The van der Waals surface area contributed by atoms with Crippen LogP contribution in [0.15, 0.2) is 77.8 Å². The van der Waals surface area contributed by atoms with E-state index in [1.54, 1.807) is 6.07 Å². The molecule has 30 heavy (non-hydrogen) atoms. The Kier molecular flexibility index (Phi) is 5.82. The molecule has 0 aromatic heterocycles. The highest BCUT2D eigenvalue weighted by Crippen LogP contribution is 2.36. The Hall–Kier alpha value is -2.79. The first kappa shape index (κ1) is 20.5. The summed E-state index contributed by atoms with van der Waals surface area (Å²) < 4.78 is 45.0. The lowest BCUT2D eigenvalue weighted by atomic mass is 10.0. The number of hydrogen-bond donors (Lipinski definition) is 0. The molecule has 152 valence electrons. The van der Waals surface area contributed by atoms with Crippen LogP contribution in [0.2, 0.25) is 0 Å². The molecule has 0 saturated carbocycles. The van der Waals surface area contributed by atoms with E-state index in [1.165, 1.54) is 11.6 Å². The number of benzene rings is 3. The molecule has 2 atom stereocenters. The minimum atomic E-state index is -4.36. The summed E-state index contributed by atoms with van der Waals surface area (Å²) in [7, 11) is 0. The molecule has 3 aromatic rings. The highest BCUT2D eigenvalue weighted by Gasteiger charge is 2.33. The Labute approximate surface area is 178 Å². The van der Waals surface area contributed by atoms with Crippen LogP contribution in [0.4, 0.5) is 13.2 Å². The van der Waals surface area contributed by atoms with E-state index in [4.69, 9.17) is 17.0 Å². The summed E-state index contributed by atoms with van der Waals surface area (Å²) in [5.74, 6) is 0. The summed E-state index contributed by atoms with van der Waals surface area (Å²) in [6.07, 6.45) is -3.73. The van der Waals surface area contributed by atoms with Crippen LogP contribution in [0.3, 0.4) is 0 Å². The first-order valence-electron chi connectivity index (χ1n) is 9.48. The maximum atomic E-state index is 12.9. The third-order valence-corrected chi connectivity index (χ3v) is 5.39. The summed E-state index contributed by atoms with van der Waals surface area (Å²) in [6.45, 7) is 0.380. The molecule has 0 N–H and O–H groups in total. The molecule has 3 aromatic carbocycles. The monoisotopic (exact) mass is 425 g/mol. The largest absolute Gasteiger partial charge is 0.416 e. The fraction of sp³-hybridized carbons (Fsp3) is 0.208.